The Labute approximate surface area is 98.6 Å². The van der Waals surface area contributed by atoms with Crippen LogP contribution in [-0.4, -0.2) is 10.2 Å². The highest BCUT2D eigenvalue weighted by Gasteiger charge is 2.00. The Balaban J connectivity index is 2.20. The minimum absolute atomic E-state index is 0.270. The minimum atomic E-state index is 0.270. The molecule has 2 rings (SSSR count). The third-order valence-corrected chi connectivity index (χ3v) is 3.24. The molecule has 0 unspecified atom stereocenters. The quantitative estimate of drug-likeness (QED) is 0.831. The van der Waals surface area contributed by atoms with Gasteiger partial charge in [-0.25, -0.2) is 0 Å². The molecule has 0 radical (unpaired) electrons. The number of benzene rings is 2. The van der Waals surface area contributed by atoms with Gasteiger partial charge in [-0.2, -0.15) is 0 Å². The molecule has 82 valence electrons. The molecular formula is C13H12O2S. The second-order valence-electron chi connectivity index (χ2n) is 3.54. The van der Waals surface area contributed by atoms with Gasteiger partial charge in [0.1, 0.15) is 11.5 Å². The summed E-state index contributed by atoms with van der Waals surface area (Å²) in [5.74, 6) is 0.585. The van der Waals surface area contributed by atoms with Crippen LogP contribution in [0.4, 0.5) is 0 Å². The van der Waals surface area contributed by atoms with Crippen molar-refractivity contribution in [2.75, 3.05) is 0 Å². The maximum absolute atomic E-state index is 9.40. The molecule has 0 heterocycles. The Morgan fingerprint density at radius 1 is 0.875 bits per heavy atom. The van der Waals surface area contributed by atoms with Gasteiger partial charge in [-0.15, -0.1) is 0 Å². The monoisotopic (exact) mass is 232 g/mol. The molecule has 0 fully saturated rings. The van der Waals surface area contributed by atoms with Gasteiger partial charge in [0, 0.05) is 9.79 Å². The lowest BCUT2D eigenvalue weighted by Gasteiger charge is -2.04. The van der Waals surface area contributed by atoms with E-state index in [1.807, 2.05) is 31.2 Å². The van der Waals surface area contributed by atoms with E-state index < -0.39 is 0 Å². The average Bonchev–Trinajstić information content (AvgIpc) is 2.27. The molecule has 0 bridgehead atoms. The average molecular weight is 232 g/mol. The van der Waals surface area contributed by atoms with Crippen molar-refractivity contribution in [1.82, 2.24) is 0 Å². The summed E-state index contributed by atoms with van der Waals surface area (Å²) in [7, 11) is 0. The van der Waals surface area contributed by atoms with Crippen molar-refractivity contribution in [1.29, 1.82) is 0 Å². The predicted octanol–water partition coefficient (Wildman–Crippen LogP) is 3.56. The van der Waals surface area contributed by atoms with E-state index in [9.17, 15) is 5.11 Å². The van der Waals surface area contributed by atoms with Crippen LogP contribution in [0.1, 0.15) is 5.56 Å². The maximum Gasteiger partial charge on any atom is 0.118 e. The molecule has 0 atom stereocenters. The first-order chi connectivity index (χ1) is 7.65. The summed E-state index contributed by atoms with van der Waals surface area (Å²) < 4.78 is 0. The highest BCUT2D eigenvalue weighted by atomic mass is 32.2. The second-order valence-corrected chi connectivity index (χ2v) is 4.69. The number of rotatable bonds is 2. The highest BCUT2D eigenvalue weighted by Crippen LogP contribution is 2.31. The first-order valence-corrected chi connectivity index (χ1v) is 5.73. The third kappa shape index (κ3) is 2.49. The van der Waals surface area contributed by atoms with E-state index in [0.29, 0.717) is 5.75 Å². The maximum atomic E-state index is 9.40. The summed E-state index contributed by atoms with van der Waals surface area (Å²) >= 11 is 1.60. The first-order valence-electron chi connectivity index (χ1n) is 4.91. The fourth-order valence-electron chi connectivity index (χ4n) is 1.34. The molecule has 0 aliphatic rings. The molecule has 2 aromatic rings. The van der Waals surface area contributed by atoms with E-state index in [1.54, 1.807) is 30.0 Å². The van der Waals surface area contributed by atoms with Crippen molar-refractivity contribution in [2.45, 2.75) is 16.7 Å². The van der Waals surface area contributed by atoms with Crippen LogP contribution in [0.25, 0.3) is 0 Å². The Morgan fingerprint density at radius 2 is 1.50 bits per heavy atom. The van der Waals surface area contributed by atoms with Crippen LogP contribution >= 0.6 is 11.8 Å². The highest BCUT2D eigenvalue weighted by molar-refractivity contribution is 7.99. The van der Waals surface area contributed by atoms with Crippen molar-refractivity contribution in [3.63, 3.8) is 0 Å². The standard InChI is InChI=1S/C13H12O2S/c1-9-8-12(6-7-13(9)15)16-11-4-2-10(14)3-5-11/h2-8,14-15H,1H3. The van der Waals surface area contributed by atoms with Crippen molar-refractivity contribution < 1.29 is 10.2 Å². The summed E-state index contributed by atoms with van der Waals surface area (Å²) in [4.78, 5) is 2.13. The van der Waals surface area contributed by atoms with Gasteiger partial charge in [-0.05, 0) is 55.0 Å². The van der Waals surface area contributed by atoms with Gasteiger partial charge in [0.25, 0.3) is 0 Å². The Hall–Kier alpha value is -1.61. The zero-order valence-corrected chi connectivity index (χ0v) is 9.66. The summed E-state index contributed by atoms with van der Waals surface area (Å²) in [6.07, 6.45) is 0. The molecule has 3 heteroatoms. The van der Waals surface area contributed by atoms with E-state index in [1.165, 1.54) is 0 Å². The lowest BCUT2D eigenvalue weighted by molar-refractivity contribution is 0.470. The summed E-state index contributed by atoms with van der Waals surface area (Å²) in [5, 5.41) is 18.6. The lowest BCUT2D eigenvalue weighted by Crippen LogP contribution is -1.77. The Bertz CT molecular complexity index is 492. The van der Waals surface area contributed by atoms with Crippen molar-refractivity contribution in [2.24, 2.45) is 0 Å². The SMILES string of the molecule is Cc1cc(Sc2ccc(O)cc2)ccc1O. The fourth-order valence-corrected chi connectivity index (χ4v) is 2.26. The Morgan fingerprint density at radius 3 is 2.12 bits per heavy atom. The molecular weight excluding hydrogens is 220 g/mol. The van der Waals surface area contributed by atoms with Gasteiger partial charge in [-0.3, -0.25) is 0 Å². The molecule has 2 nitrogen and oxygen atoms in total. The molecule has 2 N–H and O–H groups in total. The van der Waals surface area contributed by atoms with Gasteiger partial charge in [-0.1, -0.05) is 11.8 Å². The number of phenols is 2. The number of hydrogen-bond acceptors (Lipinski definition) is 3. The van der Waals surface area contributed by atoms with Gasteiger partial charge in [0.05, 0.1) is 0 Å². The number of hydrogen-bond donors (Lipinski definition) is 2. The molecule has 0 saturated heterocycles. The molecule has 0 aliphatic heterocycles. The van der Waals surface area contributed by atoms with Gasteiger partial charge >= 0.3 is 0 Å². The fraction of sp³-hybridized carbons (Fsp3) is 0.0769. The van der Waals surface area contributed by atoms with Gasteiger partial charge in [0.2, 0.25) is 0 Å². The van der Waals surface area contributed by atoms with Gasteiger partial charge < -0.3 is 10.2 Å². The molecule has 0 spiro atoms. The largest absolute Gasteiger partial charge is 0.508 e. The van der Waals surface area contributed by atoms with Crippen LogP contribution in [0.3, 0.4) is 0 Å². The molecule has 0 aliphatic carbocycles. The van der Waals surface area contributed by atoms with Crippen LogP contribution in [0.15, 0.2) is 52.3 Å². The van der Waals surface area contributed by atoms with E-state index in [0.717, 1.165) is 15.4 Å². The van der Waals surface area contributed by atoms with Crippen LogP contribution < -0.4 is 0 Å². The third-order valence-electron chi connectivity index (χ3n) is 2.24. The van der Waals surface area contributed by atoms with Crippen LogP contribution in [0.5, 0.6) is 11.5 Å². The van der Waals surface area contributed by atoms with E-state index in [-0.39, 0.29) is 5.75 Å². The van der Waals surface area contributed by atoms with Crippen molar-refractivity contribution in [3.05, 3.63) is 48.0 Å². The number of aromatic hydroxyl groups is 2. The van der Waals surface area contributed by atoms with Crippen LogP contribution in [-0.2, 0) is 0 Å². The molecule has 0 amide bonds. The van der Waals surface area contributed by atoms with E-state index in [4.69, 9.17) is 5.11 Å². The summed E-state index contributed by atoms with van der Waals surface area (Å²) in [5.41, 5.74) is 0.865. The van der Waals surface area contributed by atoms with Crippen LogP contribution in [0, 0.1) is 6.92 Å². The summed E-state index contributed by atoms with van der Waals surface area (Å²) in [6.45, 7) is 1.87. The topological polar surface area (TPSA) is 40.5 Å². The molecule has 16 heavy (non-hydrogen) atoms. The van der Waals surface area contributed by atoms with Crippen LogP contribution in [0.2, 0.25) is 0 Å². The van der Waals surface area contributed by atoms with Crippen molar-refractivity contribution in [3.8, 4) is 11.5 Å². The van der Waals surface area contributed by atoms with E-state index in [2.05, 4.69) is 0 Å². The molecule has 0 saturated carbocycles. The number of aryl methyl sites for hydroxylation is 1. The lowest BCUT2D eigenvalue weighted by atomic mass is 10.2. The Kier molecular flexibility index (Phi) is 3.06. The van der Waals surface area contributed by atoms with Crippen molar-refractivity contribution >= 4 is 11.8 Å². The summed E-state index contributed by atoms with van der Waals surface area (Å²) in [6, 6.07) is 12.6. The first kappa shape index (κ1) is 10.9. The molecule has 2 aromatic carbocycles. The normalized spacial score (nSPS) is 10.3. The zero-order valence-electron chi connectivity index (χ0n) is 8.84. The minimum Gasteiger partial charge on any atom is -0.508 e. The predicted molar refractivity (Wildman–Crippen MR) is 65.1 cm³/mol. The van der Waals surface area contributed by atoms with Gasteiger partial charge in [0.15, 0.2) is 0 Å². The van der Waals surface area contributed by atoms with E-state index >= 15 is 0 Å². The smallest absolute Gasteiger partial charge is 0.118 e. The second kappa shape index (κ2) is 4.49. The molecule has 0 aromatic heterocycles. The zero-order chi connectivity index (χ0) is 11.5. The number of phenolic OH excluding ortho intramolecular Hbond substituents is 2.